The Kier molecular flexibility index (Phi) is 2.43. The summed E-state index contributed by atoms with van der Waals surface area (Å²) in [7, 11) is 0. The summed E-state index contributed by atoms with van der Waals surface area (Å²) in [4.78, 5) is 0. The first kappa shape index (κ1) is 8.59. The normalized spacial score (nSPS) is 45.5. The fourth-order valence-corrected chi connectivity index (χ4v) is 3.23. The van der Waals surface area contributed by atoms with Crippen molar-refractivity contribution in [2.75, 3.05) is 0 Å². The quantitative estimate of drug-likeness (QED) is 0.597. The number of fused-ring (bicyclic) bond motifs is 1. The Labute approximate surface area is 76.7 Å². The molecule has 2 fully saturated rings. The van der Waals surface area contributed by atoms with E-state index in [0.29, 0.717) is 0 Å². The van der Waals surface area contributed by atoms with E-state index in [9.17, 15) is 0 Å². The van der Waals surface area contributed by atoms with Gasteiger partial charge in [0, 0.05) is 0 Å². The highest BCUT2D eigenvalue weighted by Crippen LogP contribution is 2.58. The van der Waals surface area contributed by atoms with Crippen molar-refractivity contribution in [3.63, 3.8) is 0 Å². The van der Waals surface area contributed by atoms with Crippen molar-refractivity contribution in [1.29, 1.82) is 0 Å². The Morgan fingerprint density at radius 1 is 1.17 bits per heavy atom. The molecular formula is C12H22. The molecule has 0 bridgehead atoms. The number of hydrogen-bond donors (Lipinski definition) is 0. The molecule has 2 rings (SSSR count). The lowest BCUT2D eigenvalue weighted by molar-refractivity contribution is 0.368. The third kappa shape index (κ3) is 1.53. The molecule has 4 unspecified atom stereocenters. The minimum Gasteiger partial charge on any atom is -0.0654 e. The van der Waals surface area contributed by atoms with Crippen molar-refractivity contribution >= 4 is 0 Å². The van der Waals surface area contributed by atoms with E-state index < -0.39 is 0 Å². The second-order valence-corrected chi connectivity index (χ2v) is 5.05. The number of unbranched alkanes of at least 4 members (excludes halogenated alkanes) is 1. The summed E-state index contributed by atoms with van der Waals surface area (Å²) in [6.45, 7) is 4.75. The largest absolute Gasteiger partial charge is 0.0654 e. The predicted molar refractivity (Wildman–Crippen MR) is 53.0 cm³/mol. The van der Waals surface area contributed by atoms with Gasteiger partial charge in [-0.15, -0.1) is 0 Å². The van der Waals surface area contributed by atoms with Crippen LogP contribution in [0, 0.1) is 23.7 Å². The maximum absolute atomic E-state index is 2.44. The van der Waals surface area contributed by atoms with Crippen molar-refractivity contribution in [1.82, 2.24) is 0 Å². The molecule has 12 heavy (non-hydrogen) atoms. The molecule has 0 aromatic heterocycles. The average molecular weight is 166 g/mol. The Morgan fingerprint density at radius 2 is 2.00 bits per heavy atom. The molecule has 0 aromatic rings. The Morgan fingerprint density at radius 3 is 2.67 bits per heavy atom. The van der Waals surface area contributed by atoms with Gasteiger partial charge >= 0.3 is 0 Å². The summed E-state index contributed by atoms with van der Waals surface area (Å²) >= 11 is 0. The number of hydrogen-bond acceptors (Lipinski definition) is 0. The maximum atomic E-state index is 2.44. The van der Waals surface area contributed by atoms with Gasteiger partial charge in [0.2, 0.25) is 0 Å². The summed E-state index contributed by atoms with van der Waals surface area (Å²) in [5.74, 6) is 4.54. The Hall–Kier alpha value is 0. The summed E-state index contributed by atoms with van der Waals surface area (Å²) in [5, 5.41) is 0. The van der Waals surface area contributed by atoms with E-state index in [1.54, 1.807) is 19.3 Å². The highest BCUT2D eigenvalue weighted by molar-refractivity contribution is 4.99. The Balaban J connectivity index is 1.75. The van der Waals surface area contributed by atoms with Gasteiger partial charge in [-0.2, -0.15) is 0 Å². The zero-order chi connectivity index (χ0) is 8.55. The summed E-state index contributed by atoms with van der Waals surface area (Å²) in [5.41, 5.74) is 0. The van der Waals surface area contributed by atoms with Crippen LogP contribution in [-0.2, 0) is 0 Å². The molecule has 4 atom stereocenters. The predicted octanol–water partition coefficient (Wildman–Crippen LogP) is 3.86. The molecule has 0 aliphatic heterocycles. The van der Waals surface area contributed by atoms with E-state index in [0.717, 1.165) is 11.8 Å². The lowest BCUT2D eigenvalue weighted by Crippen LogP contribution is -2.03. The second kappa shape index (κ2) is 3.40. The van der Waals surface area contributed by atoms with Crippen LogP contribution in [0.1, 0.15) is 52.4 Å². The van der Waals surface area contributed by atoms with Crippen LogP contribution in [0.25, 0.3) is 0 Å². The van der Waals surface area contributed by atoms with Gasteiger partial charge in [0.15, 0.2) is 0 Å². The van der Waals surface area contributed by atoms with Crippen LogP contribution >= 0.6 is 0 Å². The molecule has 0 N–H and O–H groups in total. The standard InChI is InChI=1S/C12H22/c1-3-4-5-10-11-7-6-9(2)8-12(10)11/h9-12H,3-8H2,1-2H3. The minimum absolute atomic E-state index is 1.04. The topological polar surface area (TPSA) is 0 Å². The summed E-state index contributed by atoms with van der Waals surface area (Å²) < 4.78 is 0. The van der Waals surface area contributed by atoms with E-state index in [1.807, 2.05) is 0 Å². The Bertz CT molecular complexity index is 150. The fraction of sp³-hybridized carbons (Fsp3) is 1.00. The molecule has 2 saturated carbocycles. The third-order valence-electron chi connectivity index (χ3n) is 4.07. The zero-order valence-electron chi connectivity index (χ0n) is 8.55. The summed E-state index contributed by atoms with van der Waals surface area (Å²) in [6.07, 6.45) is 9.04. The van der Waals surface area contributed by atoms with Gasteiger partial charge in [0.25, 0.3) is 0 Å². The minimum atomic E-state index is 1.04. The first-order chi connectivity index (χ1) is 5.83. The highest BCUT2D eigenvalue weighted by Gasteiger charge is 2.50. The van der Waals surface area contributed by atoms with Crippen molar-refractivity contribution in [2.45, 2.75) is 52.4 Å². The molecule has 0 heteroatoms. The second-order valence-electron chi connectivity index (χ2n) is 5.05. The molecule has 0 aromatic carbocycles. The van der Waals surface area contributed by atoms with E-state index in [4.69, 9.17) is 0 Å². The van der Waals surface area contributed by atoms with E-state index >= 15 is 0 Å². The van der Waals surface area contributed by atoms with E-state index in [1.165, 1.54) is 31.1 Å². The van der Waals surface area contributed by atoms with Crippen LogP contribution < -0.4 is 0 Å². The highest BCUT2D eigenvalue weighted by atomic mass is 14.6. The molecule has 70 valence electrons. The van der Waals surface area contributed by atoms with Crippen LogP contribution in [-0.4, -0.2) is 0 Å². The van der Waals surface area contributed by atoms with Gasteiger partial charge in [-0.3, -0.25) is 0 Å². The SMILES string of the molecule is CCCCC1C2CCC(C)CC12. The number of rotatable bonds is 3. The van der Waals surface area contributed by atoms with E-state index in [-0.39, 0.29) is 0 Å². The molecule has 2 aliphatic rings. The fourth-order valence-electron chi connectivity index (χ4n) is 3.23. The lowest BCUT2D eigenvalue weighted by atomic mass is 9.91. The average Bonchev–Trinajstić information content (AvgIpc) is 2.74. The van der Waals surface area contributed by atoms with Crippen LogP contribution in [0.15, 0.2) is 0 Å². The monoisotopic (exact) mass is 166 g/mol. The third-order valence-corrected chi connectivity index (χ3v) is 4.07. The molecular weight excluding hydrogens is 144 g/mol. The van der Waals surface area contributed by atoms with Gasteiger partial charge in [0.1, 0.15) is 0 Å². The van der Waals surface area contributed by atoms with Crippen molar-refractivity contribution in [3.8, 4) is 0 Å². The molecule has 2 aliphatic carbocycles. The van der Waals surface area contributed by atoms with Crippen LogP contribution in [0.3, 0.4) is 0 Å². The molecule has 0 spiro atoms. The van der Waals surface area contributed by atoms with Crippen molar-refractivity contribution in [3.05, 3.63) is 0 Å². The summed E-state index contributed by atoms with van der Waals surface area (Å²) in [6, 6.07) is 0. The van der Waals surface area contributed by atoms with Gasteiger partial charge in [-0.25, -0.2) is 0 Å². The van der Waals surface area contributed by atoms with Gasteiger partial charge < -0.3 is 0 Å². The zero-order valence-corrected chi connectivity index (χ0v) is 8.55. The molecule has 0 heterocycles. The molecule has 0 amide bonds. The van der Waals surface area contributed by atoms with Crippen molar-refractivity contribution in [2.24, 2.45) is 23.7 Å². The molecule has 0 radical (unpaired) electrons. The van der Waals surface area contributed by atoms with Crippen molar-refractivity contribution < 1.29 is 0 Å². The van der Waals surface area contributed by atoms with Crippen LogP contribution in [0.5, 0.6) is 0 Å². The first-order valence-corrected chi connectivity index (χ1v) is 5.83. The van der Waals surface area contributed by atoms with Gasteiger partial charge in [0.05, 0.1) is 0 Å². The van der Waals surface area contributed by atoms with E-state index in [2.05, 4.69) is 13.8 Å². The smallest absolute Gasteiger partial charge is 0.0349 e. The van der Waals surface area contributed by atoms with Crippen LogP contribution in [0.2, 0.25) is 0 Å². The van der Waals surface area contributed by atoms with Crippen LogP contribution in [0.4, 0.5) is 0 Å². The van der Waals surface area contributed by atoms with Gasteiger partial charge in [-0.05, 0) is 42.9 Å². The maximum Gasteiger partial charge on any atom is -0.0349 e. The lowest BCUT2D eigenvalue weighted by Gasteiger charge is -2.15. The molecule has 0 nitrogen and oxygen atoms in total. The van der Waals surface area contributed by atoms with Gasteiger partial charge in [-0.1, -0.05) is 33.1 Å². The first-order valence-electron chi connectivity index (χ1n) is 5.83. The molecule has 0 saturated heterocycles.